The van der Waals surface area contributed by atoms with Crippen molar-refractivity contribution in [2.45, 2.75) is 32.4 Å². The number of carbonyl (C=O) groups excluding carboxylic acids is 2. The smallest absolute Gasteiger partial charge is 0.328 e. The molecule has 1 aliphatic heterocycles. The molecule has 28 heavy (non-hydrogen) atoms. The summed E-state index contributed by atoms with van der Waals surface area (Å²) in [5.74, 6) is -0.881. The minimum absolute atomic E-state index is 0.0380. The van der Waals surface area contributed by atoms with Crippen LogP contribution in [0.3, 0.4) is 0 Å². The number of hydrogen-bond acceptors (Lipinski definition) is 4. The lowest BCUT2D eigenvalue weighted by atomic mass is 9.79. The zero-order valence-electron chi connectivity index (χ0n) is 16.8. The highest BCUT2D eigenvalue weighted by atomic mass is 16.5. The molecule has 1 aromatic heterocycles. The molecule has 0 fully saturated rings. The molecule has 3 atom stereocenters. The molecule has 0 spiro atoms. The van der Waals surface area contributed by atoms with Gasteiger partial charge in [-0.3, -0.25) is 9.69 Å². The molecule has 1 aromatic carbocycles. The second-order valence-corrected chi connectivity index (χ2v) is 8.18. The van der Waals surface area contributed by atoms with Crippen molar-refractivity contribution < 1.29 is 14.3 Å². The van der Waals surface area contributed by atoms with Gasteiger partial charge in [-0.2, -0.15) is 0 Å². The van der Waals surface area contributed by atoms with Gasteiger partial charge < -0.3 is 15.0 Å². The van der Waals surface area contributed by atoms with Gasteiger partial charge in [-0.15, -0.1) is 0 Å². The van der Waals surface area contributed by atoms with E-state index in [1.165, 1.54) is 29.2 Å². The van der Waals surface area contributed by atoms with E-state index in [1.54, 1.807) is 0 Å². The highest BCUT2D eigenvalue weighted by Gasteiger charge is 2.36. The van der Waals surface area contributed by atoms with Crippen LogP contribution in [-0.2, 0) is 20.7 Å². The molecular formula is C22H27N3O3. The average Bonchev–Trinajstić information content (AvgIpc) is 3.10. The third kappa shape index (κ3) is 3.02. The molecule has 0 saturated carbocycles. The number of hydrogen-bond donors (Lipinski definition) is 2. The van der Waals surface area contributed by atoms with Crippen molar-refractivity contribution in [2.24, 2.45) is 11.8 Å². The molecule has 2 aromatic rings. The maximum atomic E-state index is 13.0. The Morgan fingerprint density at radius 1 is 1.32 bits per heavy atom. The molecule has 148 valence electrons. The Labute approximate surface area is 164 Å². The lowest BCUT2D eigenvalue weighted by Gasteiger charge is -2.39. The number of aromatic amines is 1. The zero-order chi connectivity index (χ0) is 20.0. The van der Waals surface area contributed by atoms with E-state index < -0.39 is 12.0 Å². The lowest BCUT2D eigenvalue weighted by molar-refractivity contribution is -0.146. The first-order chi connectivity index (χ1) is 13.4. The van der Waals surface area contributed by atoms with E-state index in [4.69, 9.17) is 4.74 Å². The van der Waals surface area contributed by atoms with E-state index >= 15 is 0 Å². The Balaban J connectivity index is 1.67. The number of likely N-dealkylation sites (N-methyl/N-ethyl adjacent to an activating group) is 1. The van der Waals surface area contributed by atoms with Gasteiger partial charge in [0.05, 0.1) is 13.0 Å². The predicted molar refractivity (Wildman–Crippen MR) is 109 cm³/mol. The van der Waals surface area contributed by atoms with E-state index in [0.717, 1.165) is 11.9 Å². The molecule has 2 heterocycles. The van der Waals surface area contributed by atoms with Crippen molar-refractivity contribution in [3.05, 3.63) is 41.6 Å². The summed E-state index contributed by atoms with van der Waals surface area (Å²) < 4.78 is 4.85. The predicted octanol–water partition coefficient (Wildman–Crippen LogP) is 2.35. The van der Waals surface area contributed by atoms with Gasteiger partial charge in [0.2, 0.25) is 5.91 Å². The standard InChI is InChI=1S/C22H27N3O3/c1-12(2)20(22(27)28-4)24-21(26)14-8-16-15-6-5-7-17-19(15)13(10-23-17)9-18(16)25(3)11-14/h5-8,10,12,14,18,20,23H,9,11H2,1-4H3,(H,24,26)/t14?,18?,20-/m0/s1. The molecule has 1 aliphatic carbocycles. The molecule has 0 bridgehead atoms. The maximum Gasteiger partial charge on any atom is 0.328 e. The van der Waals surface area contributed by atoms with Crippen LogP contribution >= 0.6 is 0 Å². The third-order valence-electron chi connectivity index (χ3n) is 6.02. The molecule has 0 saturated heterocycles. The number of rotatable bonds is 4. The summed E-state index contributed by atoms with van der Waals surface area (Å²) in [4.78, 5) is 30.6. The van der Waals surface area contributed by atoms with Crippen molar-refractivity contribution in [1.82, 2.24) is 15.2 Å². The van der Waals surface area contributed by atoms with Crippen LogP contribution in [0.1, 0.15) is 25.0 Å². The third-order valence-corrected chi connectivity index (χ3v) is 6.02. The summed E-state index contributed by atoms with van der Waals surface area (Å²) in [6.07, 6.45) is 5.13. The van der Waals surface area contributed by atoms with E-state index in [1.807, 2.05) is 13.8 Å². The zero-order valence-corrected chi connectivity index (χ0v) is 16.8. The summed E-state index contributed by atoms with van der Waals surface area (Å²) in [6, 6.07) is 5.90. The number of aromatic nitrogens is 1. The first-order valence-electron chi connectivity index (χ1n) is 9.80. The van der Waals surface area contributed by atoms with Crippen molar-refractivity contribution in [1.29, 1.82) is 0 Å². The van der Waals surface area contributed by atoms with Gasteiger partial charge in [0.25, 0.3) is 0 Å². The van der Waals surface area contributed by atoms with Gasteiger partial charge in [0.1, 0.15) is 6.04 Å². The van der Waals surface area contributed by atoms with Crippen molar-refractivity contribution in [2.75, 3.05) is 20.7 Å². The molecular weight excluding hydrogens is 354 g/mol. The van der Waals surface area contributed by atoms with Crippen LogP contribution < -0.4 is 5.32 Å². The van der Waals surface area contributed by atoms with Gasteiger partial charge in [0, 0.05) is 29.7 Å². The number of esters is 1. The van der Waals surface area contributed by atoms with E-state index in [2.05, 4.69) is 52.7 Å². The Hall–Kier alpha value is -2.60. The summed E-state index contributed by atoms with van der Waals surface area (Å²) in [6.45, 7) is 4.43. The van der Waals surface area contributed by atoms with Crippen LogP contribution in [-0.4, -0.2) is 54.5 Å². The molecule has 1 amide bonds. The Kier molecular flexibility index (Phi) is 4.75. The van der Waals surface area contributed by atoms with Crippen molar-refractivity contribution in [3.63, 3.8) is 0 Å². The second kappa shape index (κ2) is 7.09. The summed E-state index contributed by atoms with van der Waals surface area (Å²) in [5, 5.41) is 4.16. The fourth-order valence-corrected chi connectivity index (χ4v) is 4.50. The number of H-pyrrole nitrogens is 1. The largest absolute Gasteiger partial charge is 0.467 e. The van der Waals surface area contributed by atoms with Gasteiger partial charge >= 0.3 is 5.97 Å². The fourth-order valence-electron chi connectivity index (χ4n) is 4.50. The van der Waals surface area contributed by atoms with Crippen LogP contribution in [0.5, 0.6) is 0 Å². The van der Waals surface area contributed by atoms with Gasteiger partial charge in [0.15, 0.2) is 0 Å². The van der Waals surface area contributed by atoms with Crippen LogP contribution in [0, 0.1) is 11.8 Å². The Morgan fingerprint density at radius 3 is 2.82 bits per heavy atom. The molecule has 2 N–H and O–H groups in total. The summed E-state index contributed by atoms with van der Waals surface area (Å²) >= 11 is 0. The first-order valence-corrected chi connectivity index (χ1v) is 9.80. The lowest BCUT2D eigenvalue weighted by Crippen LogP contribution is -2.51. The highest BCUT2D eigenvalue weighted by Crippen LogP contribution is 2.40. The average molecular weight is 381 g/mol. The fraction of sp³-hybridized carbons (Fsp3) is 0.455. The number of amides is 1. The normalized spacial score (nSPS) is 22.5. The molecule has 6 nitrogen and oxygen atoms in total. The maximum absolute atomic E-state index is 13.0. The summed E-state index contributed by atoms with van der Waals surface area (Å²) in [5.41, 5.74) is 4.85. The molecule has 2 aliphatic rings. The van der Waals surface area contributed by atoms with Crippen LogP contribution in [0.25, 0.3) is 16.5 Å². The Morgan fingerprint density at radius 2 is 2.11 bits per heavy atom. The molecule has 0 radical (unpaired) electrons. The quantitative estimate of drug-likeness (QED) is 0.798. The van der Waals surface area contributed by atoms with E-state index in [9.17, 15) is 9.59 Å². The second-order valence-electron chi connectivity index (χ2n) is 8.18. The monoisotopic (exact) mass is 381 g/mol. The van der Waals surface area contributed by atoms with Gasteiger partial charge in [-0.1, -0.05) is 32.1 Å². The molecule has 2 unspecified atom stereocenters. The van der Waals surface area contributed by atoms with Gasteiger partial charge in [-0.05, 0) is 42.2 Å². The van der Waals surface area contributed by atoms with E-state index in [-0.39, 0.29) is 23.8 Å². The van der Waals surface area contributed by atoms with Crippen LogP contribution in [0.2, 0.25) is 0 Å². The number of methoxy groups -OCH3 is 1. The van der Waals surface area contributed by atoms with Crippen LogP contribution in [0.4, 0.5) is 0 Å². The van der Waals surface area contributed by atoms with Crippen LogP contribution in [0.15, 0.2) is 30.5 Å². The number of nitrogens with zero attached hydrogens (tertiary/aromatic N) is 1. The topological polar surface area (TPSA) is 74.4 Å². The van der Waals surface area contributed by atoms with Gasteiger partial charge in [-0.25, -0.2) is 4.79 Å². The van der Waals surface area contributed by atoms with E-state index in [0.29, 0.717) is 6.54 Å². The number of carbonyl (C=O) groups is 2. The number of fused-ring (bicyclic) bond motifs is 2. The minimum Gasteiger partial charge on any atom is -0.467 e. The Bertz CT molecular complexity index is 959. The van der Waals surface area contributed by atoms with Crippen molar-refractivity contribution >= 4 is 28.4 Å². The number of ether oxygens (including phenoxy) is 1. The molecule has 6 heteroatoms. The highest BCUT2D eigenvalue weighted by molar-refractivity contribution is 5.99. The SMILES string of the molecule is COC(=O)[C@@H](NC(=O)C1C=C2c3cccc4[nH]cc(c34)CC2N(C)C1)C(C)C. The molecule has 4 rings (SSSR count). The van der Waals surface area contributed by atoms with Crippen molar-refractivity contribution in [3.8, 4) is 0 Å². The summed E-state index contributed by atoms with van der Waals surface area (Å²) in [7, 11) is 3.41. The first kappa shape index (κ1) is 18.7. The number of benzene rings is 1. The minimum atomic E-state index is -0.634. The number of nitrogens with one attached hydrogen (secondary N) is 2.